The Morgan fingerprint density at radius 1 is 1.29 bits per heavy atom. The number of amidine groups is 1. The number of hydrogen-bond acceptors (Lipinski definition) is 4. The van der Waals surface area contributed by atoms with Crippen LogP contribution in [0.5, 0.6) is 0 Å². The lowest BCUT2D eigenvalue weighted by Gasteiger charge is -2.40. The van der Waals surface area contributed by atoms with Gasteiger partial charge in [-0.15, -0.1) is 0 Å². The van der Waals surface area contributed by atoms with Gasteiger partial charge in [0.2, 0.25) is 6.10 Å². The van der Waals surface area contributed by atoms with Crippen LogP contribution < -0.4 is 0 Å². The van der Waals surface area contributed by atoms with Crippen molar-refractivity contribution in [3.63, 3.8) is 0 Å². The van der Waals surface area contributed by atoms with Crippen LogP contribution in [0, 0.1) is 18.3 Å². The Morgan fingerprint density at radius 3 is 2.48 bits per heavy atom. The lowest BCUT2D eigenvalue weighted by atomic mass is 10.1. The third-order valence-corrected chi connectivity index (χ3v) is 11.4. The minimum absolute atomic E-state index is 0.0856. The van der Waals surface area contributed by atoms with Gasteiger partial charge < -0.3 is 14.1 Å². The Kier molecular flexibility index (Phi) is 6.15. The fraction of sp³-hybridized carbons (Fsp3) is 0.619. The van der Waals surface area contributed by atoms with E-state index in [1.165, 1.54) is 6.07 Å². The number of hydrogen-bond donors (Lipinski definition) is 0. The van der Waals surface area contributed by atoms with Gasteiger partial charge in [-0.25, -0.2) is 0 Å². The van der Waals surface area contributed by atoms with Crippen molar-refractivity contribution in [2.45, 2.75) is 76.7 Å². The van der Waals surface area contributed by atoms with E-state index in [1.54, 1.807) is 17.9 Å². The first kappa shape index (κ1) is 23.9. The van der Waals surface area contributed by atoms with Crippen LogP contribution in [0.1, 0.15) is 38.3 Å². The standard InChI is InChI=1S/C21H27ClF3N3O2Si/c1-12-14(8-7-13(11-26)16(12)22)27-19-28-10-9-15(30-31(5,6)20(2,3)4)17(28)18(29-19)21(23,24)25/h7-8,15,17-18H,9-10H2,1-6H3/t15-,17-,18+/m0/s1. The summed E-state index contributed by atoms with van der Waals surface area (Å²) >= 11 is 6.19. The number of ether oxygens (including phenoxy) is 1. The Hall–Kier alpha value is -1.76. The van der Waals surface area contributed by atoms with Gasteiger partial charge in [0.1, 0.15) is 12.1 Å². The summed E-state index contributed by atoms with van der Waals surface area (Å²) < 4.78 is 53.4. The maximum atomic E-state index is 13.9. The fourth-order valence-corrected chi connectivity index (χ4v) is 5.21. The molecule has 170 valence electrons. The summed E-state index contributed by atoms with van der Waals surface area (Å²) in [5, 5.41) is 9.21. The average Bonchev–Trinajstić information content (AvgIpc) is 3.19. The zero-order chi connectivity index (χ0) is 23.4. The van der Waals surface area contributed by atoms with E-state index in [9.17, 15) is 13.2 Å². The molecule has 1 aromatic carbocycles. The predicted molar refractivity (Wildman–Crippen MR) is 116 cm³/mol. The van der Waals surface area contributed by atoms with Crippen LogP contribution in [-0.2, 0) is 9.16 Å². The zero-order valence-corrected chi connectivity index (χ0v) is 20.2. The molecule has 0 saturated carbocycles. The lowest BCUT2D eigenvalue weighted by Crippen LogP contribution is -2.51. The summed E-state index contributed by atoms with van der Waals surface area (Å²) in [6, 6.07) is 3.96. The highest BCUT2D eigenvalue weighted by atomic mass is 35.5. The number of alkyl halides is 3. The molecule has 0 aromatic heterocycles. The van der Waals surface area contributed by atoms with Crippen molar-refractivity contribution in [1.29, 1.82) is 5.26 Å². The number of fused-ring (bicyclic) bond motifs is 1. The minimum atomic E-state index is -4.56. The van der Waals surface area contributed by atoms with Gasteiger partial charge in [-0.2, -0.15) is 23.4 Å². The van der Waals surface area contributed by atoms with Gasteiger partial charge in [-0.1, -0.05) is 32.4 Å². The maximum Gasteiger partial charge on any atom is 0.427 e. The third kappa shape index (κ3) is 4.43. The summed E-state index contributed by atoms with van der Waals surface area (Å²) in [4.78, 5) is 5.92. The van der Waals surface area contributed by atoms with Crippen LogP contribution in [0.2, 0.25) is 23.2 Å². The largest absolute Gasteiger partial charge is 0.450 e. The molecule has 10 heteroatoms. The number of halogens is 4. The van der Waals surface area contributed by atoms with E-state index >= 15 is 0 Å². The van der Waals surface area contributed by atoms with E-state index in [1.807, 2.05) is 19.2 Å². The van der Waals surface area contributed by atoms with Crippen LogP contribution in [0.4, 0.5) is 18.9 Å². The van der Waals surface area contributed by atoms with Crippen LogP contribution in [-0.4, -0.2) is 50.2 Å². The van der Waals surface area contributed by atoms with Gasteiger partial charge in [-0.3, -0.25) is 0 Å². The van der Waals surface area contributed by atoms with E-state index in [2.05, 4.69) is 25.8 Å². The minimum Gasteiger partial charge on any atom is -0.450 e. The van der Waals surface area contributed by atoms with Crippen molar-refractivity contribution in [2.24, 2.45) is 4.99 Å². The highest BCUT2D eigenvalue weighted by Crippen LogP contribution is 2.44. The molecule has 3 rings (SSSR count). The first-order chi connectivity index (χ1) is 14.2. The number of aliphatic imine (C=N–C) groups is 1. The Morgan fingerprint density at radius 2 is 1.94 bits per heavy atom. The Labute approximate surface area is 186 Å². The number of nitrogens with zero attached hydrogens (tertiary/aromatic N) is 3. The monoisotopic (exact) mass is 473 g/mol. The molecule has 1 aromatic rings. The molecular formula is C21H27ClF3N3O2Si. The van der Waals surface area contributed by atoms with Gasteiger partial charge in [-0.05, 0) is 49.2 Å². The zero-order valence-electron chi connectivity index (χ0n) is 18.5. The molecule has 2 aliphatic heterocycles. The van der Waals surface area contributed by atoms with Crippen LogP contribution in [0.25, 0.3) is 0 Å². The van der Waals surface area contributed by atoms with Crippen molar-refractivity contribution < 1.29 is 22.3 Å². The number of benzene rings is 1. The van der Waals surface area contributed by atoms with Gasteiger partial charge in [0.25, 0.3) is 6.02 Å². The normalized spacial score (nSPS) is 25.5. The maximum absolute atomic E-state index is 13.9. The molecule has 2 fully saturated rings. The highest BCUT2D eigenvalue weighted by molar-refractivity contribution is 6.74. The first-order valence-corrected chi connectivity index (χ1v) is 13.4. The topological polar surface area (TPSA) is 57.9 Å². The molecule has 0 spiro atoms. The van der Waals surface area contributed by atoms with Gasteiger partial charge in [0.05, 0.1) is 22.4 Å². The lowest BCUT2D eigenvalue weighted by molar-refractivity contribution is -0.203. The molecule has 0 unspecified atom stereocenters. The average molecular weight is 474 g/mol. The summed E-state index contributed by atoms with van der Waals surface area (Å²) in [6.07, 6.45) is -6.69. The van der Waals surface area contributed by atoms with E-state index in [0.29, 0.717) is 24.2 Å². The van der Waals surface area contributed by atoms with Crippen molar-refractivity contribution in [2.75, 3.05) is 6.54 Å². The summed E-state index contributed by atoms with van der Waals surface area (Å²) in [5.74, 6) is 0. The number of rotatable bonds is 3. The molecule has 2 saturated heterocycles. The highest BCUT2D eigenvalue weighted by Gasteiger charge is 2.61. The second kappa shape index (κ2) is 7.98. The molecule has 3 atom stereocenters. The smallest absolute Gasteiger partial charge is 0.427 e. The van der Waals surface area contributed by atoms with E-state index in [4.69, 9.17) is 26.0 Å². The van der Waals surface area contributed by atoms with Crippen LogP contribution >= 0.6 is 11.6 Å². The van der Waals surface area contributed by atoms with Crippen molar-refractivity contribution in [3.8, 4) is 6.07 Å². The molecule has 0 N–H and O–H groups in total. The molecule has 2 heterocycles. The quantitative estimate of drug-likeness (QED) is 0.510. The second-order valence-electron chi connectivity index (χ2n) is 9.55. The van der Waals surface area contributed by atoms with Crippen molar-refractivity contribution in [1.82, 2.24) is 4.90 Å². The summed E-state index contributed by atoms with van der Waals surface area (Å²) in [5.41, 5.74) is 1.16. The van der Waals surface area contributed by atoms with Crippen LogP contribution in [0.15, 0.2) is 17.1 Å². The fourth-order valence-electron chi connectivity index (χ4n) is 3.64. The van der Waals surface area contributed by atoms with E-state index < -0.39 is 32.7 Å². The molecule has 2 aliphatic rings. The summed E-state index contributed by atoms with van der Waals surface area (Å²) in [6.45, 7) is 12.3. The number of nitriles is 1. The van der Waals surface area contributed by atoms with Crippen molar-refractivity contribution >= 4 is 31.6 Å². The third-order valence-electron chi connectivity index (χ3n) is 6.45. The molecule has 0 aliphatic carbocycles. The Balaban J connectivity index is 1.97. The van der Waals surface area contributed by atoms with Crippen LogP contribution in [0.3, 0.4) is 0 Å². The van der Waals surface area contributed by atoms with E-state index in [-0.39, 0.29) is 21.6 Å². The molecule has 0 bridgehead atoms. The van der Waals surface area contributed by atoms with Crippen molar-refractivity contribution in [3.05, 3.63) is 28.3 Å². The van der Waals surface area contributed by atoms with E-state index in [0.717, 1.165) is 0 Å². The molecule has 0 amide bonds. The van der Waals surface area contributed by atoms with Gasteiger partial charge in [0, 0.05) is 6.54 Å². The molecule has 31 heavy (non-hydrogen) atoms. The first-order valence-electron chi connectivity index (χ1n) is 10.1. The summed E-state index contributed by atoms with van der Waals surface area (Å²) in [7, 11) is -2.28. The predicted octanol–water partition coefficient (Wildman–Crippen LogP) is 5.93. The molecule has 0 radical (unpaired) electrons. The molecular weight excluding hydrogens is 447 g/mol. The van der Waals surface area contributed by atoms with Gasteiger partial charge >= 0.3 is 6.18 Å². The Bertz CT molecular complexity index is 938. The second-order valence-corrected chi connectivity index (χ2v) is 14.7. The van der Waals surface area contributed by atoms with Gasteiger partial charge in [0.15, 0.2) is 8.32 Å². The molecule has 5 nitrogen and oxygen atoms in total. The SMILES string of the molecule is Cc1c(N=C2O[C@@H](C(F)(F)F)[C@@H]3[C@@H](O[Si](C)(C)C(C)(C)C)CCN23)ccc(C#N)c1Cl.